The van der Waals surface area contributed by atoms with Crippen LogP contribution in [0.1, 0.15) is 54.0 Å². The Bertz CT molecular complexity index is 637. The van der Waals surface area contributed by atoms with Gasteiger partial charge in [0.2, 0.25) is 0 Å². The Morgan fingerprint density at radius 1 is 1.09 bits per heavy atom. The molecule has 0 saturated heterocycles. The number of rotatable bonds is 5. The summed E-state index contributed by atoms with van der Waals surface area (Å²) in [6, 6.07) is 2.17. The van der Waals surface area contributed by atoms with Crippen molar-refractivity contribution < 1.29 is 0 Å². The van der Waals surface area contributed by atoms with Crippen LogP contribution in [-0.4, -0.2) is 17.5 Å². The zero-order valence-corrected chi connectivity index (χ0v) is 16.7. The molecular weight excluding hydrogens is 308 g/mol. The fraction of sp³-hybridized carbons (Fsp3) is 0.611. The van der Waals surface area contributed by atoms with Crippen molar-refractivity contribution in [1.82, 2.24) is 9.22 Å². The van der Waals surface area contributed by atoms with Gasteiger partial charge < -0.3 is 4.23 Å². The monoisotopic (exact) mass is 336 g/mol. The molecule has 2 aromatic heterocycles. The maximum absolute atomic E-state index is 6.61. The minimum atomic E-state index is -1.77. The van der Waals surface area contributed by atoms with E-state index in [-0.39, 0.29) is 0 Å². The molecule has 0 atom stereocenters. The van der Waals surface area contributed by atoms with Gasteiger partial charge in [-0.2, -0.15) is 0 Å². The smallest absolute Gasteiger partial charge is 0.171 e. The van der Waals surface area contributed by atoms with Crippen LogP contribution < -0.4 is 0 Å². The first-order valence-electron chi connectivity index (χ1n) is 8.43. The van der Waals surface area contributed by atoms with Gasteiger partial charge in [-0.25, -0.2) is 4.98 Å². The van der Waals surface area contributed by atoms with Crippen molar-refractivity contribution in [3.8, 4) is 0 Å². The first kappa shape index (κ1) is 17.5. The Balaban J connectivity index is 2.79. The van der Waals surface area contributed by atoms with Crippen LogP contribution in [0.2, 0.25) is 21.6 Å². The highest BCUT2D eigenvalue weighted by Gasteiger charge is 2.46. The molecular formula is C18H29ClN2Si. The van der Waals surface area contributed by atoms with Gasteiger partial charge in [0, 0.05) is 11.6 Å². The van der Waals surface area contributed by atoms with E-state index >= 15 is 0 Å². The van der Waals surface area contributed by atoms with Gasteiger partial charge in [-0.3, -0.25) is 0 Å². The molecule has 4 heteroatoms. The number of hydrogen-bond donors (Lipinski definition) is 0. The Morgan fingerprint density at radius 2 is 1.64 bits per heavy atom. The minimum Gasteiger partial charge on any atom is -0.359 e. The van der Waals surface area contributed by atoms with Crippen molar-refractivity contribution in [3.05, 3.63) is 29.0 Å². The third kappa shape index (κ3) is 2.43. The van der Waals surface area contributed by atoms with Gasteiger partial charge in [0.1, 0.15) is 5.65 Å². The van der Waals surface area contributed by atoms with Crippen LogP contribution in [0.3, 0.4) is 0 Å². The molecule has 0 fully saturated rings. The summed E-state index contributed by atoms with van der Waals surface area (Å²) in [6.07, 6.45) is 5.13. The average Bonchev–Trinajstić information content (AvgIpc) is 2.84. The van der Waals surface area contributed by atoms with Crippen LogP contribution in [0.15, 0.2) is 18.5 Å². The summed E-state index contributed by atoms with van der Waals surface area (Å²) in [5.41, 5.74) is 4.15. The van der Waals surface area contributed by atoms with Crippen molar-refractivity contribution in [1.29, 1.82) is 0 Å². The fourth-order valence-electron chi connectivity index (χ4n) is 4.49. The first-order chi connectivity index (χ1) is 10.3. The van der Waals surface area contributed by atoms with Gasteiger partial charge in [-0.15, -0.1) is 0 Å². The summed E-state index contributed by atoms with van der Waals surface area (Å²) in [5, 5.41) is 1.99. The summed E-state index contributed by atoms with van der Waals surface area (Å²) in [7, 11) is -1.77. The zero-order valence-electron chi connectivity index (χ0n) is 14.9. The number of halogens is 1. The predicted octanol–water partition coefficient (Wildman–Crippen LogP) is 6.28. The molecule has 0 spiro atoms. The standard InChI is InChI=1S/C18H29ClN2Si/c1-8-15-11-20-18-16(17(15)19)9-10-21(18)22(12(2)3,13(4)5)14(6)7/h9-14H,8H2,1-7H3. The second kappa shape index (κ2) is 6.36. The highest BCUT2D eigenvalue weighted by Crippen LogP contribution is 2.44. The third-order valence-electron chi connectivity index (χ3n) is 5.29. The van der Waals surface area contributed by atoms with Crippen molar-refractivity contribution >= 4 is 30.9 Å². The van der Waals surface area contributed by atoms with Crippen molar-refractivity contribution in [2.24, 2.45) is 0 Å². The van der Waals surface area contributed by atoms with Crippen LogP contribution in [-0.2, 0) is 6.42 Å². The third-order valence-corrected chi connectivity index (χ3v) is 12.5. The van der Waals surface area contributed by atoms with Crippen molar-refractivity contribution in [3.63, 3.8) is 0 Å². The topological polar surface area (TPSA) is 17.8 Å². The number of aryl methyl sites for hydroxylation is 1. The molecule has 122 valence electrons. The Morgan fingerprint density at radius 3 is 2.09 bits per heavy atom. The van der Waals surface area contributed by atoms with Gasteiger partial charge in [-0.05, 0) is 40.9 Å². The summed E-state index contributed by atoms with van der Waals surface area (Å²) in [5.74, 6) is 0. The van der Waals surface area contributed by atoms with Crippen LogP contribution in [0, 0.1) is 0 Å². The predicted molar refractivity (Wildman–Crippen MR) is 101 cm³/mol. The van der Waals surface area contributed by atoms with E-state index < -0.39 is 8.24 Å². The van der Waals surface area contributed by atoms with Gasteiger partial charge in [0.15, 0.2) is 8.24 Å². The van der Waals surface area contributed by atoms with Crippen LogP contribution >= 0.6 is 11.6 Å². The van der Waals surface area contributed by atoms with E-state index in [9.17, 15) is 0 Å². The molecule has 2 heterocycles. The van der Waals surface area contributed by atoms with Crippen LogP contribution in [0.5, 0.6) is 0 Å². The SMILES string of the molecule is CCc1cnc2c(ccn2[Si](C(C)C)(C(C)C)C(C)C)c1Cl. The molecule has 0 aliphatic carbocycles. The fourth-order valence-corrected chi connectivity index (χ4v) is 11.4. The lowest BCUT2D eigenvalue weighted by Crippen LogP contribution is -2.51. The minimum absolute atomic E-state index is 0.648. The molecule has 2 rings (SSSR count). The largest absolute Gasteiger partial charge is 0.359 e. The molecule has 0 bridgehead atoms. The molecule has 0 aromatic carbocycles. The molecule has 2 aromatic rings. The van der Waals surface area contributed by atoms with Crippen molar-refractivity contribution in [2.45, 2.75) is 71.5 Å². The number of pyridine rings is 1. The van der Waals surface area contributed by atoms with E-state index in [4.69, 9.17) is 16.6 Å². The maximum atomic E-state index is 6.61. The van der Waals surface area contributed by atoms with E-state index in [1.807, 2.05) is 6.20 Å². The van der Waals surface area contributed by atoms with E-state index in [0.717, 1.165) is 28.0 Å². The number of aromatic nitrogens is 2. The molecule has 0 radical (unpaired) electrons. The van der Waals surface area contributed by atoms with E-state index in [1.165, 1.54) is 0 Å². The second-order valence-electron chi connectivity index (χ2n) is 7.23. The molecule has 0 aliphatic heterocycles. The molecule has 0 unspecified atom stereocenters. The number of fused-ring (bicyclic) bond motifs is 1. The van der Waals surface area contributed by atoms with Crippen LogP contribution in [0.25, 0.3) is 11.0 Å². The lowest BCUT2D eigenvalue weighted by molar-refractivity contribution is 0.770. The molecule has 2 nitrogen and oxygen atoms in total. The summed E-state index contributed by atoms with van der Waals surface area (Å²) >= 11 is 6.61. The van der Waals surface area contributed by atoms with Gasteiger partial charge in [-0.1, -0.05) is 60.1 Å². The van der Waals surface area contributed by atoms with Crippen LogP contribution in [0.4, 0.5) is 0 Å². The van der Waals surface area contributed by atoms with Crippen molar-refractivity contribution in [2.75, 3.05) is 0 Å². The van der Waals surface area contributed by atoms with E-state index in [2.05, 4.69) is 65.0 Å². The van der Waals surface area contributed by atoms with E-state index in [1.54, 1.807) is 0 Å². The van der Waals surface area contributed by atoms with Gasteiger partial charge in [0.25, 0.3) is 0 Å². The Hall–Kier alpha value is -0.803. The second-order valence-corrected chi connectivity index (χ2v) is 13.3. The number of nitrogens with zero attached hydrogens (tertiary/aromatic N) is 2. The zero-order chi connectivity index (χ0) is 16.7. The maximum Gasteiger partial charge on any atom is 0.171 e. The Labute approximate surface area is 141 Å². The number of hydrogen-bond acceptors (Lipinski definition) is 1. The average molecular weight is 337 g/mol. The quantitative estimate of drug-likeness (QED) is 0.588. The lowest BCUT2D eigenvalue weighted by atomic mass is 10.2. The molecule has 22 heavy (non-hydrogen) atoms. The van der Waals surface area contributed by atoms with Gasteiger partial charge >= 0.3 is 0 Å². The Kier molecular flexibility index (Phi) is 5.08. The lowest BCUT2D eigenvalue weighted by Gasteiger charge is -2.44. The summed E-state index contributed by atoms with van der Waals surface area (Å²) in [4.78, 5) is 4.80. The highest BCUT2D eigenvalue weighted by molar-refractivity contribution is 6.82. The summed E-state index contributed by atoms with van der Waals surface area (Å²) < 4.78 is 2.52. The molecule has 0 amide bonds. The molecule has 0 saturated carbocycles. The molecule has 0 aliphatic rings. The highest BCUT2D eigenvalue weighted by atomic mass is 35.5. The first-order valence-corrected chi connectivity index (χ1v) is 11.0. The van der Waals surface area contributed by atoms with E-state index in [0.29, 0.717) is 16.6 Å². The summed E-state index contributed by atoms with van der Waals surface area (Å²) in [6.45, 7) is 16.4. The van der Waals surface area contributed by atoms with Gasteiger partial charge in [0.05, 0.1) is 5.02 Å². The normalized spacial score (nSPS) is 13.0. The molecule has 0 N–H and O–H groups in total.